The number of hydrogen-bond acceptors (Lipinski definition) is 2. The zero-order chi connectivity index (χ0) is 13.9. The van der Waals surface area contributed by atoms with E-state index in [1.165, 1.54) is 19.3 Å². The van der Waals surface area contributed by atoms with Crippen LogP contribution in [0.25, 0.3) is 0 Å². The SMILES string of the molecule is CC(C)Oc1ccc(C(O)C2(C)CCCCC2)cc1. The maximum absolute atomic E-state index is 10.6. The van der Waals surface area contributed by atoms with E-state index < -0.39 is 0 Å². The van der Waals surface area contributed by atoms with Crippen molar-refractivity contribution in [3.63, 3.8) is 0 Å². The largest absolute Gasteiger partial charge is 0.491 e. The summed E-state index contributed by atoms with van der Waals surface area (Å²) in [5.74, 6) is 0.875. The predicted molar refractivity (Wildman–Crippen MR) is 78.4 cm³/mol. The van der Waals surface area contributed by atoms with Gasteiger partial charge in [0.15, 0.2) is 0 Å². The Balaban J connectivity index is 2.08. The van der Waals surface area contributed by atoms with Crippen LogP contribution in [-0.4, -0.2) is 11.2 Å². The van der Waals surface area contributed by atoms with Crippen LogP contribution in [0.2, 0.25) is 0 Å². The third-order valence-corrected chi connectivity index (χ3v) is 4.22. The van der Waals surface area contributed by atoms with Gasteiger partial charge in [-0.05, 0) is 49.8 Å². The molecule has 1 fully saturated rings. The first-order valence-corrected chi connectivity index (χ1v) is 7.46. The summed E-state index contributed by atoms with van der Waals surface area (Å²) in [6.45, 7) is 6.26. The molecule has 0 aliphatic heterocycles. The molecule has 1 N–H and O–H groups in total. The van der Waals surface area contributed by atoms with Gasteiger partial charge in [-0.1, -0.05) is 38.3 Å². The summed E-state index contributed by atoms with van der Waals surface area (Å²) in [6, 6.07) is 7.93. The Labute approximate surface area is 116 Å². The summed E-state index contributed by atoms with van der Waals surface area (Å²) in [5.41, 5.74) is 1.05. The van der Waals surface area contributed by atoms with Crippen molar-refractivity contribution in [2.24, 2.45) is 5.41 Å². The van der Waals surface area contributed by atoms with E-state index >= 15 is 0 Å². The lowest BCUT2D eigenvalue weighted by Crippen LogP contribution is -2.28. The summed E-state index contributed by atoms with van der Waals surface area (Å²) in [7, 11) is 0. The van der Waals surface area contributed by atoms with Crippen molar-refractivity contribution < 1.29 is 9.84 Å². The molecule has 2 heteroatoms. The van der Waals surface area contributed by atoms with Gasteiger partial charge < -0.3 is 9.84 Å². The lowest BCUT2D eigenvalue weighted by Gasteiger charge is -2.38. The molecule has 0 bridgehead atoms. The third kappa shape index (κ3) is 3.50. The van der Waals surface area contributed by atoms with Crippen LogP contribution in [0.5, 0.6) is 5.75 Å². The Morgan fingerprint density at radius 2 is 1.63 bits per heavy atom. The van der Waals surface area contributed by atoms with Crippen LogP contribution in [0.3, 0.4) is 0 Å². The van der Waals surface area contributed by atoms with Crippen molar-refractivity contribution in [3.8, 4) is 5.75 Å². The van der Waals surface area contributed by atoms with E-state index in [1.54, 1.807) is 0 Å². The summed E-state index contributed by atoms with van der Waals surface area (Å²) in [4.78, 5) is 0. The molecule has 1 aromatic carbocycles. The molecular formula is C17H26O2. The van der Waals surface area contributed by atoms with Gasteiger partial charge in [0.1, 0.15) is 5.75 Å². The van der Waals surface area contributed by atoms with Gasteiger partial charge in [0, 0.05) is 0 Å². The molecular weight excluding hydrogens is 236 g/mol. The Bertz CT molecular complexity index is 388. The molecule has 0 radical (unpaired) electrons. The molecule has 1 saturated carbocycles. The Morgan fingerprint density at radius 1 is 1.05 bits per heavy atom. The minimum Gasteiger partial charge on any atom is -0.491 e. The summed E-state index contributed by atoms with van der Waals surface area (Å²) >= 11 is 0. The molecule has 106 valence electrons. The lowest BCUT2D eigenvalue weighted by atomic mass is 9.70. The second-order valence-corrected chi connectivity index (χ2v) is 6.35. The highest BCUT2D eigenvalue weighted by atomic mass is 16.5. The number of hydrogen-bond donors (Lipinski definition) is 1. The maximum Gasteiger partial charge on any atom is 0.119 e. The van der Waals surface area contributed by atoms with Gasteiger partial charge in [0.25, 0.3) is 0 Å². The molecule has 1 aliphatic carbocycles. The van der Waals surface area contributed by atoms with Crippen LogP contribution >= 0.6 is 0 Å². The molecule has 0 saturated heterocycles. The molecule has 1 atom stereocenters. The molecule has 19 heavy (non-hydrogen) atoms. The molecule has 0 aromatic heterocycles. The van der Waals surface area contributed by atoms with Crippen molar-refractivity contribution in [2.45, 2.75) is 65.1 Å². The smallest absolute Gasteiger partial charge is 0.119 e. The maximum atomic E-state index is 10.6. The van der Waals surface area contributed by atoms with Crippen LogP contribution < -0.4 is 4.74 Å². The molecule has 1 aliphatic rings. The number of ether oxygens (including phenoxy) is 1. The summed E-state index contributed by atoms with van der Waals surface area (Å²) in [5, 5.41) is 10.6. The Hall–Kier alpha value is -1.02. The Morgan fingerprint density at radius 3 is 2.16 bits per heavy atom. The fourth-order valence-electron chi connectivity index (χ4n) is 3.04. The molecule has 0 heterocycles. The van der Waals surface area contributed by atoms with E-state index in [4.69, 9.17) is 4.74 Å². The number of aliphatic hydroxyl groups is 1. The fraction of sp³-hybridized carbons (Fsp3) is 0.647. The summed E-state index contributed by atoms with van der Waals surface area (Å²) in [6.07, 6.45) is 5.86. The number of benzene rings is 1. The van der Waals surface area contributed by atoms with E-state index in [9.17, 15) is 5.11 Å². The van der Waals surface area contributed by atoms with Crippen LogP contribution in [0, 0.1) is 5.41 Å². The highest BCUT2D eigenvalue weighted by molar-refractivity contribution is 5.29. The average molecular weight is 262 g/mol. The van der Waals surface area contributed by atoms with Crippen molar-refractivity contribution in [2.75, 3.05) is 0 Å². The van der Waals surface area contributed by atoms with Crippen molar-refractivity contribution in [1.29, 1.82) is 0 Å². The van der Waals surface area contributed by atoms with E-state index in [0.717, 1.165) is 24.2 Å². The highest BCUT2D eigenvalue weighted by Crippen LogP contribution is 2.45. The highest BCUT2D eigenvalue weighted by Gasteiger charge is 2.35. The zero-order valence-corrected chi connectivity index (χ0v) is 12.4. The van der Waals surface area contributed by atoms with Crippen molar-refractivity contribution >= 4 is 0 Å². The van der Waals surface area contributed by atoms with Gasteiger partial charge in [0.2, 0.25) is 0 Å². The van der Waals surface area contributed by atoms with Crippen LogP contribution in [0.1, 0.15) is 64.5 Å². The first-order valence-electron chi connectivity index (χ1n) is 7.46. The zero-order valence-electron chi connectivity index (χ0n) is 12.4. The van der Waals surface area contributed by atoms with Gasteiger partial charge in [-0.3, -0.25) is 0 Å². The lowest BCUT2D eigenvalue weighted by molar-refractivity contribution is 0.00815. The number of aliphatic hydroxyl groups excluding tert-OH is 1. The molecule has 2 nitrogen and oxygen atoms in total. The van der Waals surface area contributed by atoms with Gasteiger partial charge >= 0.3 is 0 Å². The van der Waals surface area contributed by atoms with E-state index in [2.05, 4.69) is 6.92 Å². The van der Waals surface area contributed by atoms with Gasteiger partial charge in [-0.25, -0.2) is 0 Å². The average Bonchev–Trinajstić information content (AvgIpc) is 2.39. The normalized spacial score (nSPS) is 20.3. The standard InChI is InChI=1S/C17H26O2/c1-13(2)19-15-9-7-14(8-10-15)16(18)17(3)11-5-4-6-12-17/h7-10,13,16,18H,4-6,11-12H2,1-3H3. The first-order chi connectivity index (χ1) is 9.01. The Kier molecular flexibility index (Phi) is 4.51. The predicted octanol–water partition coefficient (Wildman–Crippen LogP) is 4.48. The topological polar surface area (TPSA) is 29.5 Å². The molecule has 0 amide bonds. The van der Waals surface area contributed by atoms with Crippen molar-refractivity contribution in [1.82, 2.24) is 0 Å². The number of rotatable bonds is 4. The van der Waals surface area contributed by atoms with Gasteiger partial charge in [-0.15, -0.1) is 0 Å². The molecule has 1 unspecified atom stereocenters. The first kappa shape index (κ1) is 14.4. The summed E-state index contributed by atoms with van der Waals surface area (Å²) < 4.78 is 5.64. The van der Waals surface area contributed by atoms with Crippen molar-refractivity contribution in [3.05, 3.63) is 29.8 Å². The fourth-order valence-corrected chi connectivity index (χ4v) is 3.04. The minimum atomic E-state index is -0.360. The minimum absolute atomic E-state index is 0.0403. The quantitative estimate of drug-likeness (QED) is 0.867. The van der Waals surface area contributed by atoms with Gasteiger partial charge in [-0.2, -0.15) is 0 Å². The molecule has 2 rings (SSSR count). The second-order valence-electron chi connectivity index (χ2n) is 6.35. The van der Waals surface area contributed by atoms with E-state index in [1.807, 2.05) is 38.1 Å². The van der Waals surface area contributed by atoms with Gasteiger partial charge in [0.05, 0.1) is 12.2 Å². The van der Waals surface area contributed by atoms with E-state index in [-0.39, 0.29) is 17.6 Å². The van der Waals surface area contributed by atoms with Crippen LogP contribution in [0.4, 0.5) is 0 Å². The van der Waals surface area contributed by atoms with Crippen LogP contribution in [0.15, 0.2) is 24.3 Å². The second kappa shape index (κ2) is 5.96. The third-order valence-electron chi connectivity index (χ3n) is 4.22. The molecule has 0 spiro atoms. The van der Waals surface area contributed by atoms with Crippen LogP contribution in [-0.2, 0) is 0 Å². The van der Waals surface area contributed by atoms with E-state index in [0.29, 0.717) is 0 Å². The molecule has 1 aromatic rings. The monoisotopic (exact) mass is 262 g/mol.